The number of nitrogens with zero attached hydrogens (tertiary/aromatic N) is 4. The van der Waals surface area contributed by atoms with E-state index in [0.717, 1.165) is 5.56 Å². The monoisotopic (exact) mass is 246 g/mol. The van der Waals surface area contributed by atoms with Crippen molar-refractivity contribution in [1.82, 2.24) is 5.27 Å². The Morgan fingerprint density at radius 2 is 2.11 bits per heavy atom. The molecule has 0 aliphatic heterocycles. The van der Waals surface area contributed by atoms with E-state index in [1.165, 1.54) is 11.0 Å². The molecule has 2 aromatic rings. The summed E-state index contributed by atoms with van der Waals surface area (Å²) in [5.41, 5.74) is 1.44. The Morgan fingerprint density at radius 3 is 2.72 bits per heavy atom. The van der Waals surface area contributed by atoms with Gasteiger partial charge in [0.2, 0.25) is 5.27 Å². The lowest BCUT2D eigenvalue weighted by molar-refractivity contribution is -0.753. The van der Waals surface area contributed by atoms with Crippen LogP contribution in [0.5, 0.6) is 0 Å². The summed E-state index contributed by atoms with van der Waals surface area (Å²) in [5.74, 6) is -0.160. The maximum atomic E-state index is 11.9. The van der Waals surface area contributed by atoms with E-state index < -0.39 is 0 Å². The van der Waals surface area contributed by atoms with Gasteiger partial charge in [-0.25, -0.2) is 4.99 Å². The van der Waals surface area contributed by atoms with Gasteiger partial charge in [-0.2, -0.15) is 5.01 Å². The first-order valence-corrected chi connectivity index (χ1v) is 5.46. The van der Waals surface area contributed by atoms with Gasteiger partial charge in [0.05, 0.1) is 18.9 Å². The predicted octanol–water partition coefficient (Wildman–Crippen LogP) is -0.0933. The van der Waals surface area contributed by atoms with E-state index in [9.17, 15) is 5.11 Å². The average molecular weight is 246 g/mol. The zero-order chi connectivity index (χ0) is 13.1. The minimum Gasteiger partial charge on any atom is -0.858 e. The number of aryl methyl sites for hydroxylation is 1. The molecule has 0 spiro atoms. The van der Waals surface area contributed by atoms with Crippen molar-refractivity contribution >= 4 is 11.8 Å². The fraction of sp³-hybridized carbons (Fsp3) is 0.250. The summed E-state index contributed by atoms with van der Waals surface area (Å²) in [6.07, 6.45) is 1.54. The van der Waals surface area contributed by atoms with Gasteiger partial charge in [-0.05, 0) is 23.9 Å². The molecule has 1 aromatic heterocycles. The van der Waals surface area contributed by atoms with Crippen molar-refractivity contribution in [3.63, 3.8) is 0 Å². The van der Waals surface area contributed by atoms with Gasteiger partial charge in [0.15, 0.2) is 0 Å². The predicted molar refractivity (Wildman–Crippen MR) is 64.1 cm³/mol. The molecule has 0 atom stereocenters. The fourth-order valence-electron chi connectivity index (χ4n) is 1.44. The molecule has 0 aliphatic carbocycles. The Morgan fingerprint density at radius 1 is 1.39 bits per heavy atom. The molecular formula is C12H14N4O2. The van der Waals surface area contributed by atoms with Crippen LogP contribution in [0.2, 0.25) is 0 Å². The third kappa shape index (κ3) is 2.48. The summed E-state index contributed by atoms with van der Waals surface area (Å²) >= 11 is 0. The minimum absolute atomic E-state index is 0.178. The summed E-state index contributed by atoms with van der Waals surface area (Å²) in [6, 6.07) is 7.28. The van der Waals surface area contributed by atoms with Crippen LogP contribution in [0.15, 0.2) is 40.0 Å². The van der Waals surface area contributed by atoms with Crippen molar-refractivity contribution < 1.29 is 14.4 Å². The van der Waals surface area contributed by atoms with Gasteiger partial charge >= 0.3 is 5.88 Å². The highest BCUT2D eigenvalue weighted by Gasteiger charge is 2.12. The number of aliphatic imine (C=N–C) groups is 1. The standard InChI is InChI=1S/C12H14N4O2/c1-9-6-4-5-7-10(9)12(17)13-11-8-16(14-18-11)15(2)3/h4-8H,1-3H3. The molecule has 2 rings (SSSR count). The first-order chi connectivity index (χ1) is 8.58. The minimum atomic E-state index is -0.338. The van der Waals surface area contributed by atoms with Crippen LogP contribution in [0.1, 0.15) is 11.1 Å². The molecule has 94 valence electrons. The summed E-state index contributed by atoms with van der Waals surface area (Å²) in [5, 5.41) is 17.3. The Bertz CT molecular complexity index is 575. The highest BCUT2D eigenvalue weighted by atomic mass is 16.5. The van der Waals surface area contributed by atoms with Gasteiger partial charge in [0, 0.05) is 0 Å². The largest absolute Gasteiger partial charge is 0.858 e. The molecule has 0 bridgehead atoms. The van der Waals surface area contributed by atoms with Crippen molar-refractivity contribution in [2.75, 3.05) is 19.1 Å². The second kappa shape index (κ2) is 4.87. The summed E-state index contributed by atoms with van der Waals surface area (Å²) in [4.78, 5) is 5.33. The highest BCUT2D eigenvalue weighted by Crippen LogP contribution is 2.11. The molecule has 1 aromatic carbocycles. The Kier molecular flexibility index (Phi) is 3.27. The summed E-state index contributed by atoms with van der Waals surface area (Å²) in [6.45, 7) is 1.86. The van der Waals surface area contributed by atoms with Crippen molar-refractivity contribution in [3.05, 3.63) is 41.6 Å². The molecule has 0 fully saturated rings. The number of benzene rings is 1. The van der Waals surface area contributed by atoms with Crippen LogP contribution in [-0.4, -0.2) is 25.3 Å². The molecule has 0 amide bonds. The molecule has 6 nitrogen and oxygen atoms in total. The van der Waals surface area contributed by atoms with E-state index in [2.05, 4.69) is 10.3 Å². The normalized spacial score (nSPS) is 11.6. The lowest BCUT2D eigenvalue weighted by Crippen LogP contribution is -2.53. The quantitative estimate of drug-likeness (QED) is 0.431. The zero-order valence-corrected chi connectivity index (χ0v) is 10.5. The Hall–Kier alpha value is -2.37. The Labute approximate surface area is 105 Å². The second-order valence-electron chi connectivity index (χ2n) is 4.04. The molecule has 6 heteroatoms. The van der Waals surface area contributed by atoms with E-state index in [-0.39, 0.29) is 11.8 Å². The van der Waals surface area contributed by atoms with Crippen LogP contribution in [-0.2, 0) is 0 Å². The molecule has 0 aliphatic rings. The molecular weight excluding hydrogens is 232 g/mol. The van der Waals surface area contributed by atoms with E-state index in [1.54, 1.807) is 31.2 Å². The number of hydrogen-bond acceptors (Lipinski definition) is 5. The van der Waals surface area contributed by atoms with Gasteiger partial charge in [0.25, 0.3) is 6.20 Å². The third-order valence-electron chi connectivity index (χ3n) is 2.44. The number of aromatic nitrogens is 2. The summed E-state index contributed by atoms with van der Waals surface area (Å²) < 4.78 is 4.94. The molecule has 18 heavy (non-hydrogen) atoms. The van der Waals surface area contributed by atoms with E-state index in [0.29, 0.717) is 5.56 Å². The first-order valence-electron chi connectivity index (χ1n) is 5.46. The van der Waals surface area contributed by atoms with Crippen molar-refractivity contribution in [3.8, 4) is 0 Å². The van der Waals surface area contributed by atoms with Crippen LogP contribution < -0.4 is 14.9 Å². The summed E-state index contributed by atoms with van der Waals surface area (Å²) in [7, 11) is 3.60. The smallest absolute Gasteiger partial charge is 0.324 e. The van der Waals surface area contributed by atoms with Gasteiger partial charge in [-0.15, -0.1) is 0 Å². The SMILES string of the molecule is Cc1ccccc1/C([O-])=N/c1c[n+](N(C)C)no1. The van der Waals surface area contributed by atoms with Gasteiger partial charge in [-0.1, -0.05) is 24.3 Å². The van der Waals surface area contributed by atoms with Gasteiger partial charge < -0.3 is 5.11 Å². The van der Waals surface area contributed by atoms with E-state index >= 15 is 0 Å². The fourth-order valence-corrected chi connectivity index (χ4v) is 1.44. The maximum absolute atomic E-state index is 11.9. The molecule has 0 radical (unpaired) electrons. The molecule has 0 unspecified atom stereocenters. The Balaban J connectivity index is 2.30. The highest BCUT2D eigenvalue weighted by molar-refractivity contribution is 5.93. The van der Waals surface area contributed by atoms with Gasteiger partial charge in [-0.3, -0.25) is 4.52 Å². The first kappa shape index (κ1) is 12.1. The zero-order valence-electron chi connectivity index (χ0n) is 10.5. The lowest BCUT2D eigenvalue weighted by atomic mass is 10.1. The van der Waals surface area contributed by atoms with E-state index in [4.69, 9.17) is 4.52 Å². The molecule has 0 saturated carbocycles. The van der Waals surface area contributed by atoms with Crippen LogP contribution in [0.3, 0.4) is 0 Å². The lowest BCUT2D eigenvalue weighted by Gasteiger charge is -2.11. The third-order valence-corrected chi connectivity index (χ3v) is 2.44. The second-order valence-corrected chi connectivity index (χ2v) is 4.04. The number of hydrogen-bond donors (Lipinski definition) is 0. The van der Waals surface area contributed by atoms with Gasteiger partial charge in [0.1, 0.15) is 0 Å². The van der Waals surface area contributed by atoms with Crippen LogP contribution in [0, 0.1) is 6.92 Å². The van der Waals surface area contributed by atoms with Crippen molar-refractivity contribution in [2.45, 2.75) is 6.92 Å². The average Bonchev–Trinajstić information content (AvgIpc) is 2.78. The topological polar surface area (TPSA) is 68.6 Å². The van der Waals surface area contributed by atoms with Crippen LogP contribution >= 0.6 is 0 Å². The molecule has 0 N–H and O–H groups in total. The number of rotatable bonds is 3. The van der Waals surface area contributed by atoms with Crippen LogP contribution in [0.4, 0.5) is 5.88 Å². The maximum Gasteiger partial charge on any atom is 0.324 e. The molecule has 1 heterocycles. The van der Waals surface area contributed by atoms with E-state index in [1.807, 2.05) is 19.1 Å². The van der Waals surface area contributed by atoms with Crippen LogP contribution in [0.25, 0.3) is 0 Å². The molecule has 0 saturated heterocycles. The van der Waals surface area contributed by atoms with Crippen molar-refractivity contribution in [1.29, 1.82) is 0 Å². The van der Waals surface area contributed by atoms with Crippen molar-refractivity contribution in [2.24, 2.45) is 4.99 Å².